The fraction of sp³-hybridized carbons (Fsp3) is 0.412. The first kappa shape index (κ1) is 16.0. The van der Waals surface area contributed by atoms with Gasteiger partial charge in [-0.1, -0.05) is 44.2 Å². The van der Waals surface area contributed by atoms with Crippen molar-refractivity contribution in [2.75, 3.05) is 25.4 Å². The first-order valence-corrected chi connectivity index (χ1v) is 8.47. The smallest absolute Gasteiger partial charge is 0.160 e. The van der Waals surface area contributed by atoms with Gasteiger partial charge in [0.05, 0.1) is 0 Å². The van der Waals surface area contributed by atoms with Crippen LogP contribution in [0.15, 0.2) is 41.4 Å². The summed E-state index contributed by atoms with van der Waals surface area (Å²) in [5.41, 5.74) is 2.10. The number of aromatic nitrogens is 2. The third-order valence-electron chi connectivity index (χ3n) is 3.41. The van der Waals surface area contributed by atoms with Crippen molar-refractivity contribution in [2.45, 2.75) is 25.8 Å². The lowest BCUT2D eigenvalue weighted by atomic mass is 10.2. The van der Waals surface area contributed by atoms with Gasteiger partial charge in [-0.05, 0) is 26.1 Å². The molecule has 0 radical (unpaired) electrons. The molecule has 3 nitrogen and oxygen atoms in total. The average Bonchev–Trinajstić information content (AvgIpc) is 2.52. The lowest BCUT2D eigenvalue weighted by Gasteiger charge is -2.17. The van der Waals surface area contributed by atoms with Gasteiger partial charge in [-0.2, -0.15) is 0 Å². The van der Waals surface area contributed by atoms with Gasteiger partial charge in [0, 0.05) is 23.6 Å². The lowest BCUT2D eigenvalue weighted by Crippen LogP contribution is -2.25. The van der Waals surface area contributed by atoms with E-state index in [0.29, 0.717) is 0 Å². The van der Waals surface area contributed by atoms with E-state index in [-0.39, 0.29) is 0 Å². The molecule has 0 amide bonds. The minimum absolute atomic E-state index is 0.820. The molecule has 112 valence electrons. The van der Waals surface area contributed by atoms with Crippen molar-refractivity contribution in [3.8, 4) is 11.4 Å². The average molecular weight is 301 g/mol. The molecule has 4 heteroatoms. The summed E-state index contributed by atoms with van der Waals surface area (Å²) in [7, 11) is 0. The summed E-state index contributed by atoms with van der Waals surface area (Å²) >= 11 is 1.81. The highest BCUT2D eigenvalue weighted by Crippen LogP contribution is 2.21. The SMILES string of the molecule is CCN(CC)CCSc1cc(C)nc(-c2ccccc2)n1. The number of benzene rings is 1. The van der Waals surface area contributed by atoms with E-state index in [4.69, 9.17) is 0 Å². The molecule has 0 spiro atoms. The van der Waals surface area contributed by atoms with Crippen LogP contribution in [0.5, 0.6) is 0 Å². The van der Waals surface area contributed by atoms with E-state index in [9.17, 15) is 0 Å². The molecule has 0 saturated heterocycles. The van der Waals surface area contributed by atoms with Crippen LogP contribution in [-0.4, -0.2) is 40.3 Å². The quantitative estimate of drug-likeness (QED) is 0.573. The molecule has 0 unspecified atom stereocenters. The van der Waals surface area contributed by atoms with Crippen LogP contribution >= 0.6 is 11.8 Å². The van der Waals surface area contributed by atoms with E-state index in [2.05, 4.69) is 46.9 Å². The van der Waals surface area contributed by atoms with E-state index in [1.807, 2.05) is 36.9 Å². The van der Waals surface area contributed by atoms with Gasteiger partial charge in [-0.25, -0.2) is 9.97 Å². The predicted molar refractivity (Wildman–Crippen MR) is 90.7 cm³/mol. The van der Waals surface area contributed by atoms with Crippen LogP contribution in [0.4, 0.5) is 0 Å². The molecular weight excluding hydrogens is 278 g/mol. The van der Waals surface area contributed by atoms with Gasteiger partial charge in [0.25, 0.3) is 0 Å². The number of hydrogen-bond acceptors (Lipinski definition) is 4. The minimum Gasteiger partial charge on any atom is -0.303 e. The van der Waals surface area contributed by atoms with Crippen molar-refractivity contribution in [1.29, 1.82) is 0 Å². The second-order valence-corrected chi connectivity index (χ2v) is 6.03. The Hall–Kier alpha value is -1.39. The summed E-state index contributed by atoms with van der Waals surface area (Å²) in [6, 6.07) is 12.2. The van der Waals surface area contributed by atoms with E-state index in [0.717, 1.165) is 47.5 Å². The van der Waals surface area contributed by atoms with Crippen molar-refractivity contribution in [1.82, 2.24) is 14.9 Å². The fourth-order valence-electron chi connectivity index (χ4n) is 2.15. The first-order chi connectivity index (χ1) is 10.2. The van der Waals surface area contributed by atoms with Gasteiger partial charge in [0.1, 0.15) is 5.03 Å². The standard InChI is InChI=1S/C17H23N3S/c1-4-20(5-2)11-12-21-16-13-14(3)18-17(19-16)15-9-7-6-8-10-15/h6-10,13H,4-5,11-12H2,1-3H3. The second-order valence-electron chi connectivity index (χ2n) is 4.91. The Bertz CT molecular complexity index is 553. The van der Waals surface area contributed by atoms with E-state index >= 15 is 0 Å². The van der Waals surface area contributed by atoms with Crippen LogP contribution in [0.1, 0.15) is 19.5 Å². The van der Waals surface area contributed by atoms with Gasteiger partial charge in [-0.3, -0.25) is 0 Å². The molecule has 0 aliphatic carbocycles. The molecule has 0 saturated carbocycles. The number of nitrogens with zero attached hydrogens (tertiary/aromatic N) is 3. The Morgan fingerprint density at radius 3 is 2.43 bits per heavy atom. The first-order valence-electron chi connectivity index (χ1n) is 7.49. The summed E-state index contributed by atoms with van der Waals surface area (Å²) in [5, 5.41) is 1.06. The van der Waals surface area contributed by atoms with E-state index < -0.39 is 0 Å². The molecular formula is C17H23N3S. The third-order valence-corrected chi connectivity index (χ3v) is 4.31. The number of rotatable bonds is 7. The highest BCUT2D eigenvalue weighted by atomic mass is 32.2. The molecule has 2 rings (SSSR count). The maximum atomic E-state index is 4.69. The zero-order chi connectivity index (χ0) is 15.1. The summed E-state index contributed by atoms with van der Waals surface area (Å²) in [6.07, 6.45) is 0. The Morgan fingerprint density at radius 2 is 1.76 bits per heavy atom. The Labute approximate surface area is 131 Å². The molecule has 0 bridgehead atoms. The summed E-state index contributed by atoms with van der Waals surface area (Å²) in [6.45, 7) is 9.75. The molecule has 0 N–H and O–H groups in total. The second kappa shape index (κ2) is 8.15. The zero-order valence-electron chi connectivity index (χ0n) is 13.0. The molecule has 1 aromatic carbocycles. The van der Waals surface area contributed by atoms with Crippen LogP contribution in [0, 0.1) is 6.92 Å². The van der Waals surface area contributed by atoms with Gasteiger partial charge in [0.15, 0.2) is 5.82 Å². The highest BCUT2D eigenvalue weighted by Gasteiger charge is 2.06. The van der Waals surface area contributed by atoms with Gasteiger partial charge in [-0.15, -0.1) is 11.8 Å². The molecule has 0 aliphatic rings. The van der Waals surface area contributed by atoms with Crippen LogP contribution in [0.2, 0.25) is 0 Å². The van der Waals surface area contributed by atoms with Crippen LogP contribution in [0.3, 0.4) is 0 Å². The molecule has 0 aliphatic heterocycles. The van der Waals surface area contributed by atoms with Gasteiger partial charge in [0.2, 0.25) is 0 Å². The Balaban J connectivity index is 2.06. The van der Waals surface area contributed by atoms with Crippen LogP contribution in [0.25, 0.3) is 11.4 Å². The van der Waals surface area contributed by atoms with Crippen molar-refractivity contribution in [3.05, 3.63) is 42.1 Å². The molecule has 2 aromatic rings. The molecule has 0 atom stereocenters. The zero-order valence-corrected chi connectivity index (χ0v) is 13.9. The highest BCUT2D eigenvalue weighted by molar-refractivity contribution is 7.99. The topological polar surface area (TPSA) is 29.0 Å². The van der Waals surface area contributed by atoms with E-state index in [1.165, 1.54) is 0 Å². The molecule has 21 heavy (non-hydrogen) atoms. The maximum absolute atomic E-state index is 4.69. The van der Waals surface area contributed by atoms with E-state index in [1.54, 1.807) is 0 Å². The van der Waals surface area contributed by atoms with Crippen molar-refractivity contribution in [3.63, 3.8) is 0 Å². The number of thioether (sulfide) groups is 1. The summed E-state index contributed by atoms with van der Waals surface area (Å²) < 4.78 is 0. The summed E-state index contributed by atoms with van der Waals surface area (Å²) in [4.78, 5) is 11.7. The Kier molecular flexibility index (Phi) is 6.21. The fourth-order valence-corrected chi connectivity index (χ4v) is 3.11. The lowest BCUT2D eigenvalue weighted by molar-refractivity contribution is 0.324. The summed E-state index contributed by atoms with van der Waals surface area (Å²) in [5.74, 6) is 1.88. The Morgan fingerprint density at radius 1 is 1.05 bits per heavy atom. The van der Waals surface area contributed by atoms with Gasteiger partial charge >= 0.3 is 0 Å². The molecule has 1 aromatic heterocycles. The van der Waals surface area contributed by atoms with Crippen molar-refractivity contribution in [2.24, 2.45) is 0 Å². The maximum Gasteiger partial charge on any atom is 0.160 e. The van der Waals surface area contributed by atoms with Crippen LogP contribution < -0.4 is 0 Å². The molecule has 0 fully saturated rings. The van der Waals surface area contributed by atoms with Gasteiger partial charge < -0.3 is 4.90 Å². The van der Waals surface area contributed by atoms with Crippen molar-refractivity contribution < 1.29 is 0 Å². The minimum atomic E-state index is 0.820. The third kappa shape index (κ3) is 4.83. The normalized spacial score (nSPS) is 11.0. The van der Waals surface area contributed by atoms with Crippen molar-refractivity contribution >= 4 is 11.8 Å². The number of hydrogen-bond donors (Lipinski definition) is 0. The molecule has 1 heterocycles. The number of aryl methyl sites for hydroxylation is 1. The van der Waals surface area contributed by atoms with Crippen LogP contribution in [-0.2, 0) is 0 Å². The monoisotopic (exact) mass is 301 g/mol. The predicted octanol–water partition coefficient (Wildman–Crippen LogP) is 3.89. The largest absolute Gasteiger partial charge is 0.303 e.